The minimum Gasteiger partial charge on any atom is -0.295 e. The summed E-state index contributed by atoms with van der Waals surface area (Å²) in [6.45, 7) is 4.39. The van der Waals surface area contributed by atoms with Crippen LogP contribution in [0.2, 0.25) is 0 Å². The molecule has 2 heteroatoms. The van der Waals surface area contributed by atoms with Gasteiger partial charge in [0.2, 0.25) is 0 Å². The lowest BCUT2D eigenvalue weighted by Gasteiger charge is -2.16. The van der Waals surface area contributed by atoms with Gasteiger partial charge in [-0.1, -0.05) is 22.6 Å². The van der Waals surface area contributed by atoms with Gasteiger partial charge in [0.1, 0.15) is 0 Å². The molecule has 0 aliphatic heterocycles. The molecule has 0 unspecified atom stereocenters. The summed E-state index contributed by atoms with van der Waals surface area (Å²) in [5.41, 5.74) is 0. The van der Waals surface area contributed by atoms with Crippen molar-refractivity contribution in [2.75, 3.05) is 11.6 Å². The molecule has 0 heterocycles. The van der Waals surface area contributed by atoms with Crippen LogP contribution in [0.5, 0.6) is 0 Å². The van der Waals surface area contributed by atoms with E-state index >= 15 is 0 Å². The molecule has 0 N–H and O–H groups in total. The maximum absolute atomic E-state index is 2.35. The fourth-order valence-corrected chi connectivity index (χ4v) is 0.926. The second-order valence-electron chi connectivity index (χ2n) is 1.97. The van der Waals surface area contributed by atoms with Crippen molar-refractivity contribution in [3.63, 3.8) is 0 Å². The standard InChI is InChI=1S/C5H12IN/c1-5(2)7(3)4-6/h5H,4H2,1-3H3. The molecule has 0 rings (SSSR count). The van der Waals surface area contributed by atoms with Gasteiger partial charge in [0.05, 0.1) is 4.55 Å². The molecule has 7 heavy (non-hydrogen) atoms. The van der Waals surface area contributed by atoms with Crippen LogP contribution in [-0.4, -0.2) is 22.5 Å². The molecule has 0 saturated carbocycles. The van der Waals surface area contributed by atoms with Crippen molar-refractivity contribution in [2.45, 2.75) is 19.9 Å². The Hall–Kier alpha value is 0.690. The van der Waals surface area contributed by atoms with Crippen LogP contribution >= 0.6 is 22.6 Å². The molecule has 0 aliphatic rings. The molecule has 0 saturated heterocycles. The number of nitrogens with zero attached hydrogens (tertiary/aromatic N) is 1. The van der Waals surface area contributed by atoms with Crippen molar-refractivity contribution >= 4 is 22.6 Å². The smallest absolute Gasteiger partial charge is 0.0505 e. The highest BCUT2D eigenvalue weighted by Crippen LogP contribution is 1.95. The largest absolute Gasteiger partial charge is 0.295 e. The molecule has 0 aromatic rings. The van der Waals surface area contributed by atoms with Crippen LogP contribution < -0.4 is 0 Å². The van der Waals surface area contributed by atoms with E-state index in [2.05, 4.69) is 48.4 Å². The predicted octanol–water partition coefficient (Wildman–Crippen LogP) is 1.72. The van der Waals surface area contributed by atoms with Crippen molar-refractivity contribution in [1.29, 1.82) is 0 Å². The van der Waals surface area contributed by atoms with Crippen molar-refractivity contribution < 1.29 is 0 Å². The molecule has 0 amide bonds. The molecule has 0 aromatic carbocycles. The van der Waals surface area contributed by atoms with Gasteiger partial charge in [0, 0.05) is 6.04 Å². The fourth-order valence-electron chi connectivity index (χ4n) is 0.138. The van der Waals surface area contributed by atoms with Crippen LogP contribution in [0, 0.1) is 0 Å². The summed E-state index contributed by atoms with van der Waals surface area (Å²) in [7, 11) is 2.12. The third kappa shape index (κ3) is 3.29. The topological polar surface area (TPSA) is 3.24 Å². The highest BCUT2D eigenvalue weighted by Gasteiger charge is 1.96. The van der Waals surface area contributed by atoms with Crippen molar-refractivity contribution in [3.8, 4) is 0 Å². The van der Waals surface area contributed by atoms with Crippen LogP contribution in [0.4, 0.5) is 0 Å². The highest BCUT2D eigenvalue weighted by molar-refractivity contribution is 14.1. The van der Waals surface area contributed by atoms with Gasteiger partial charge >= 0.3 is 0 Å². The van der Waals surface area contributed by atoms with Crippen molar-refractivity contribution in [2.24, 2.45) is 0 Å². The van der Waals surface area contributed by atoms with Gasteiger partial charge in [0.15, 0.2) is 0 Å². The number of rotatable bonds is 2. The summed E-state index contributed by atoms with van der Waals surface area (Å²) >= 11 is 2.35. The summed E-state index contributed by atoms with van der Waals surface area (Å²) in [5.74, 6) is 0. The lowest BCUT2D eigenvalue weighted by molar-refractivity contribution is 0.329. The normalized spacial score (nSPS) is 11.1. The zero-order valence-electron chi connectivity index (χ0n) is 5.11. The van der Waals surface area contributed by atoms with Gasteiger partial charge in [-0.25, -0.2) is 0 Å². The van der Waals surface area contributed by atoms with Crippen LogP contribution in [0.25, 0.3) is 0 Å². The summed E-state index contributed by atoms with van der Waals surface area (Å²) in [6, 6.07) is 0.692. The second kappa shape index (κ2) is 3.66. The van der Waals surface area contributed by atoms with Gasteiger partial charge < -0.3 is 0 Å². The maximum Gasteiger partial charge on any atom is 0.0505 e. The van der Waals surface area contributed by atoms with Crippen LogP contribution in [0.15, 0.2) is 0 Å². The van der Waals surface area contributed by atoms with E-state index in [1.807, 2.05) is 0 Å². The number of hydrogen-bond acceptors (Lipinski definition) is 1. The highest BCUT2D eigenvalue weighted by atomic mass is 127. The van der Waals surface area contributed by atoms with E-state index in [4.69, 9.17) is 0 Å². The molecule has 0 bridgehead atoms. The molecule has 0 fully saturated rings. The monoisotopic (exact) mass is 213 g/mol. The molecule has 0 radical (unpaired) electrons. The van der Waals surface area contributed by atoms with E-state index in [9.17, 15) is 0 Å². The zero-order chi connectivity index (χ0) is 5.86. The van der Waals surface area contributed by atoms with Gasteiger partial charge in [-0.05, 0) is 20.9 Å². The first kappa shape index (κ1) is 7.69. The van der Waals surface area contributed by atoms with Gasteiger partial charge in [-0.2, -0.15) is 0 Å². The third-order valence-electron chi connectivity index (χ3n) is 1.07. The average molecular weight is 213 g/mol. The van der Waals surface area contributed by atoms with Gasteiger partial charge in [0.25, 0.3) is 0 Å². The lowest BCUT2D eigenvalue weighted by atomic mass is 10.4. The Morgan fingerprint density at radius 3 is 2.00 bits per heavy atom. The third-order valence-corrected chi connectivity index (χ3v) is 2.15. The van der Waals surface area contributed by atoms with Gasteiger partial charge in [-0.3, -0.25) is 4.90 Å². The van der Waals surface area contributed by atoms with Crippen LogP contribution in [0.3, 0.4) is 0 Å². The van der Waals surface area contributed by atoms with E-state index in [1.165, 1.54) is 0 Å². The molecule has 1 nitrogen and oxygen atoms in total. The first-order chi connectivity index (χ1) is 3.18. The average Bonchev–Trinajstić information content (AvgIpc) is 1.65. The Kier molecular flexibility index (Phi) is 4.02. The van der Waals surface area contributed by atoms with Crippen LogP contribution in [-0.2, 0) is 0 Å². The lowest BCUT2D eigenvalue weighted by Crippen LogP contribution is -2.23. The molecule has 0 atom stereocenters. The SMILES string of the molecule is CC(C)N(C)CI. The number of halogens is 1. The summed E-state index contributed by atoms with van der Waals surface area (Å²) in [5, 5.41) is 0. The molecule has 0 aromatic heterocycles. The summed E-state index contributed by atoms with van der Waals surface area (Å²) in [6.07, 6.45) is 0. The molecular weight excluding hydrogens is 201 g/mol. The van der Waals surface area contributed by atoms with E-state index in [-0.39, 0.29) is 0 Å². The quantitative estimate of drug-likeness (QED) is 0.383. The fraction of sp³-hybridized carbons (Fsp3) is 1.00. The first-order valence-electron chi connectivity index (χ1n) is 2.44. The molecular formula is C5H12IN. The van der Waals surface area contributed by atoms with E-state index < -0.39 is 0 Å². The second-order valence-corrected chi connectivity index (χ2v) is 2.65. The minimum absolute atomic E-state index is 0.692. The summed E-state index contributed by atoms with van der Waals surface area (Å²) in [4.78, 5) is 2.28. The molecule has 0 spiro atoms. The maximum atomic E-state index is 2.35. The number of hydrogen-bond donors (Lipinski definition) is 0. The van der Waals surface area contributed by atoms with Gasteiger partial charge in [-0.15, -0.1) is 0 Å². The summed E-state index contributed by atoms with van der Waals surface area (Å²) < 4.78 is 1.12. The Balaban J connectivity index is 3.14. The Morgan fingerprint density at radius 1 is 1.57 bits per heavy atom. The zero-order valence-corrected chi connectivity index (χ0v) is 7.27. The van der Waals surface area contributed by atoms with E-state index in [1.54, 1.807) is 0 Å². The molecule has 44 valence electrons. The number of alkyl halides is 1. The predicted molar refractivity (Wildman–Crippen MR) is 41.8 cm³/mol. The molecule has 0 aliphatic carbocycles. The first-order valence-corrected chi connectivity index (χ1v) is 3.97. The Morgan fingerprint density at radius 2 is 2.00 bits per heavy atom. The van der Waals surface area contributed by atoms with E-state index in [0.717, 1.165) is 4.55 Å². The van der Waals surface area contributed by atoms with Crippen LogP contribution in [0.1, 0.15) is 13.8 Å². The van der Waals surface area contributed by atoms with Crippen molar-refractivity contribution in [1.82, 2.24) is 4.90 Å². The van der Waals surface area contributed by atoms with Crippen molar-refractivity contribution in [3.05, 3.63) is 0 Å². The Bertz CT molecular complexity index is 45.3. The van der Waals surface area contributed by atoms with E-state index in [0.29, 0.717) is 6.04 Å². The Labute approximate surface area is 59.2 Å². The minimum atomic E-state index is 0.692.